The SMILES string of the molecule is CNc1nc(-c2sccc2OC)nc2ccc(C)cc12. The van der Waals surface area contributed by atoms with Gasteiger partial charge < -0.3 is 10.1 Å². The maximum atomic E-state index is 5.35. The molecule has 0 saturated heterocycles. The van der Waals surface area contributed by atoms with Gasteiger partial charge in [-0.2, -0.15) is 0 Å². The molecule has 5 heteroatoms. The van der Waals surface area contributed by atoms with Crippen LogP contribution in [0.4, 0.5) is 5.82 Å². The van der Waals surface area contributed by atoms with Crippen LogP contribution in [-0.2, 0) is 0 Å². The van der Waals surface area contributed by atoms with Gasteiger partial charge in [0.1, 0.15) is 16.4 Å². The molecule has 20 heavy (non-hydrogen) atoms. The number of rotatable bonds is 3. The zero-order valence-corrected chi connectivity index (χ0v) is 12.4. The molecule has 0 aliphatic rings. The number of fused-ring (bicyclic) bond motifs is 1. The summed E-state index contributed by atoms with van der Waals surface area (Å²) in [5.74, 6) is 2.34. The Morgan fingerprint density at radius 1 is 1.20 bits per heavy atom. The van der Waals surface area contributed by atoms with Crippen molar-refractivity contribution in [3.63, 3.8) is 0 Å². The van der Waals surface area contributed by atoms with E-state index >= 15 is 0 Å². The van der Waals surface area contributed by atoms with E-state index in [9.17, 15) is 0 Å². The first kappa shape index (κ1) is 12.9. The second-order valence-electron chi connectivity index (χ2n) is 4.48. The summed E-state index contributed by atoms with van der Waals surface area (Å²) < 4.78 is 5.35. The Morgan fingerprint density at radius 3 is 2.80 bits per heavy atom. The largest absolute Gasteiger partial charge is 0.495 e. The number of hydrogen-bond donors (Lipinski definition) is 1. The number of ether oxygens (including phenoxy) is 1. The highest BCUT2D eigenvalue weighted by Gasteiger charge is 2.13. The van der Waals surface area contributed by atoms with Crippen molar-refractivity contribution >= 4 is 28.1 Å². The molecule has 0 bridgehead atoms. The molecule has 0 fully saturated rings. The first-order valence-electron chi connectivity index (χ1n) is 6.31. The zero-order valence-electron chi connectivity index (χ0n) is 11.6. The topological polar surface area (TPSA) is 47.0 Å². The van der Waals surface area contributed by atoms with Crippen molar-refractivity contribution in [3.05, 3.63) is 35.2 Å². The number of hydrogen-bond acceptors (Lipinski definition) is 5. The third-order valence-corrected chi connectivity index (χ3v) is 4.03. The standard InChI is InChI=1S/C15H15N3OS/c1-9-4-5-11-10(8-9)14(16-2)18-15(17-11)13-12(19-3)6-7-20-13/h4-8H,1-3H3,(H,16,17,18). The minimum Gasteiger partial charge on any atom is -0.495 e. The molecule has 0 spiro atoms. The van der Waals surface area contributed by atoms with Gasteiger partial charge in [0.15, 0.2) is 5.82 Å². The third kappa shape index (κ3) is 2.10. The van der Waals surface area contributed by atoms with Crippen molar-refractivity contribution in [3.8, 4) is 16.5 Å². The number of nitrogens with zero attached hydrogens (tertiary/aromatic N) is 2. The summed E-state index contributed by atoms with van der Waals surface area (Å²) in [5.41, 5.74) is 2.12. The van der Waals surface area contributed by atoms with Crippen molar-refractivity contribution in [2.24, 2.45) is 0 Å². The molecule has 3 aromatic rings. The van der Waals surface area contributed by atoms with Gasteiger partial charge in [0.05, 0.1) is 12.6 Å². The van der Waals surface area contributed by atoms with E-state index in [4.69, 9.17) is 4.74 Å². The molecular weight excluding hydrogens is 270 g/mol. The lowest BCUT2D eigenvalue weighted by Gasteiger charge is -2.09. The lowest BCUT2D eigenvalue weighted by molar-refractivity contribution is 0.418. The fourth-order valence-corrected chi connectivity index (χ4v) is 2.95. The van der Waals surface area contributed by atoms with E-state index in [2.05, 4.69) is 34.3 Å². The van der Waals surface area contributed by atoms with E-state index in [-0.39, 0.29) is 0 Å². The smallest absolute Gasteiger partial charge is 0.176 e. The number of aryl methyl sites for hydroxylation is 1. The summed E-state index contributed by atoms with van der Waals surface area (Å²) in [6, 6.07) is 8.11. The molecule has 0 amide bonds. The number of anilines is 1. The van der Waals surface area contributed by atoms with E-state index in [1.807, 2.05) is 24.6 Å². The van der Waals surface area contributed by atoms with Gasteiger partial charge in [-0.05, 0) is 30.5 Å². The van der Waals surface area contributed by atoms with Gasteiger partial charge in [0.2, 0.25) is 0 Å². The van der Waals surface area contributed by atoms with Crippen LogP contribution in [0.2, 0.25) is 0 Å². The molecule has 2 heterocycles. The van der Waals surface area contributed by atoms with Gasteiger partial charge in [-0.15, -0.1) is 11.3 Å². The Kier molecular flexibility index (Phi) is 3.28. The number of nitrogens with one attached hydrogen (secondary N) is 1. The van der Waals surface area contributed by atoms with Crippen LogP contribution in [0, 0.1) is 6.92 Å². The van der Waals surface area contributed by atoms with Crippen molar-refractivity contribution in [2.75, 3.05) is 19.5 Å². The molecule has 0 unspecified atom stereocenters. The predicted molar refractivity (Wildman–Crippen MR) is 83.7 cm³/mol. The van der Waals surface area contributed by atoms with Gasteiger partial charge in [-0.1, -0.05) is 11.6 Å². The number of thiophene rings is 1. The number of benzene rings is 1. The summed E-state index contributed by atoms with van der Waals surface area (Å²) in [6.45, 7) is 2.06. The molecule has 1 aromatic carbocycles. The van der Waals surface area contributed by atoms with Crippen molar-refractivity contribution in [1.29, 1.82) is 0 Å². The molecule has 0 radical (unpaired) electrons. The van der Waals surface area contributed by atoms with Crippen LogP contribution in [0.5, 0.6) is 5.75 Å². The minimum absolute atomic E-state index is 0.692. The van der Waals surface area contributed by atoms with Gasteiger partial charge in [-0.3, -0.25) is 0 Å². The van der Waals surface area contributed by atoms with Crippen LogP contribution in [0.15, 0.2) is 29.6 Å². The molecule has 1 N–H and O–H groups in total. The summed E-state index contributed by atoms with van der Waals surface area (Å²) >= 11 is 1.58. The summed E-state index contributed by atoms with van der Waals surface area (Å²) in [6.07, 6.45) is 0. The third-order valence-electron chi connectivity index (χ3n) is 3.14. The Labute approximate surface area is 121 Å². The van der Waals surface area contributed by atoms with Crippen molar-refractivity contribution in [1.82, 2.24) is 9.97 Å². The molecule has 4 nitrogen and oxygen atoms in total. The molecule has 102 valence electrons. The van der Waals surface area contributed by atoms with E-state index in [0.29, 0.717) is 5.82 Å². The highest BCUT2D eigenvalue weighted by atomic mass is 32.1. The Balaban J connectivity index is 2.25. The quantitative estimate of drug-likeness (QED) is 0.796. The van der Waals surface area contributed by atoms with E-state index in [1.54, 1.807) is 18.4 Å². The summed E-state index contributed by atoms with van der Waals surface area (Å²) in [4.78, 5) is 10.2. The second-order valence-corrected chi connectivity index (χ2v) is 5.40. The highest BCUT2D eigenvalue weighted by Crippen LogP contribution is 2.35. The Bertz CT molecular complexity index is 767. The minimum atomic E-state index is 0.692. The first-order valence-corrected chi connectivity index (χ1v) is 7.19. The fraction of sp³-hybridized carbons (Fsp3) is 0.200. The molecular formula is C15H15N3OS. The van der Waals surface area contributed by atoms with Crippen LogP contribution in [0.1, 0.15) is 5.56 Å². The number of aromatic nitrogens is 2. The fourth-order valence-electron chi connectivity index (χ4n) is 2.16. The molecule has 0 aliphatic heterocycles. The van der Waals surface area contributed by atoms with Crippen LogP contribution < -0.4 is 10.1 Å². The van der Waals surface area contributed by atoms with Crippen LogP contribution in [0.25, 0.3) is 21.6 Å². The monoisotopic (exact) mass is 285 g/mol. The highest BCUT2D eigenvalue weighted by molar-refractivity contribution is 7.13. The van der Waals surface area contributed by atoms with Gasteiger partial charge >= 0.3 is 0 Å². The summed E-state index contributed by atoms with van der Waals surface area (Å²) in [5, 5.41) is 6.17. The average molecular weight is 285 g/mol. The molecule has 0 atom stereocenters. The van der Waals surface area contributed by atoms with Gasteiger partial charge in [0, 0.05) is 12.4 Å². The maximum absolute atomic E-state index is 5.35. The predicted octanol–water partition coefficient (Wildman–Crippen LogP) is 3.72. The van der Waals surface area contributed by atoms with Crippen molar-refractivity contribution in [2.45, 2.75) is 6.92 Å². The maximum Gasteiger partial charge on any atom is 0.176 e. The molecule has 3 rings (SSSR count). The average Bonchev–Trinajstić information content (AvgIpc) is 2.94. The summed E-state index contributed by atoms with van der Waals surface area (Å²) in [7, 11) is 3.54. The van der Waals surface area contributed by atoms with E-state index in [1.165, 1.54) is 5.56 Å². The zero-order chi connectivity index (χ0) is 14.1. The lowest BCUT2D eigenvalue weighted by Crippen LogP contribution is -1.99. The second kappa shape index (κ2) is 5.09. The first-order chi connectivity index (χ1) is 9.72. The Morgan fingerprint density at radius 2 is 2.05 bits per heavy atom. The molecule has 2 aromatic heterocycles. The van der Waals surface area contributed by atoms with Crippen molar-refractivity contribution < 1.29 is 4.74 Å². The Hall–Kier alpha value is -2.14. The van der Waals surface area contributed by atoms with Crippen LogP contribution in [-0.4, -0.2) is 24.1 Å². The van der Waals surface area contributed by atoms with Crippen LogP contribution in [0.3, 0.4) is 0 Å². The van der Waals surface area contributed by atoms with E-state index < -0.39 is 0 Å². The van der Waals surface area contributed by atoms with Gasteiger partial charge in [0.25, 0.3) is 0 Å². The van der Waals surface area contributed by atoms with Crippen LogP contribution >= 0.6 is 11.3 Å². The lowest BCUT2D eigenvalue weighted by atomic mass is 10.1. The molecule has 0 saturated carbocycles. The van der Waals surface area contributed by atoms with E-state index in [0.717, 1.165) is 27.3 Å². The normalized spacial score (nSPS) is 10.8. The van der Waals surface area contributed by atoms with Gasteiger partial charge in [-0.25, -0.2) is 9.97 Å². The molecule has 0 aliphatic carbocycles. The number of methoxy groups -OCH3 is 1.